The van der Waals surface area contributed by atoms with Crippen LogP contribution in [0, 0.1) is 11.3 Å². The van der Waals surface area contributed by atoms with E-state index in [4.69, 9.17) is 5.26 Å². The normalized spacial score (nSPS) is 10.4. The van der Waals surface area contributed by atoms with Gasteiger partial charge < -0.3 is 5.32 Å². The van der Waals surface area contributed by atoms with Crippen LogP contribution in [0.1, 0.15) is 17.0 Å². The molecule has 0 bridgehead atoms. The Hall–Kier alpha value is -3.89. The van der Waals surface area contributed by atoms with Gasteiger partial charge in [-0.2, -0.15) is 5.26 Å². The molecule has 4 rings (SSSR count). The van der Waals surface area contributed by atoms with Crippen molar-refractivity contribution in [2.45, 2.75) is 11.6 Å². The number of nitrogens with zero attached hydrogens (tertiary/aromatic N) is 4. The Labute approximate surface area is 184 Å². The Morgan fingerprint density at radius 3 is 2.45 bits per heavy atom. The number of thioether (sulfide) groups is 1. The molecule has 4 aromatic rings. The van der Waals surface area contributed by atoms with Gasteiger partial charge in [0.25, 0.3) is 0 Å². The first kappa shape index (κ1) is 20.4. The smallest absolute Gasteiger partial charge is 0.234 e. The predicted octanol–water partition coefficient (Wildman–Crippen LogP) is 4.46. The molecule has 0 aliphatic carbocycles. The van der Waals surface area contributed by atoms with E-state index < -0.39 is 0 Å². The maximum atomic E-state index is 12.5. The van der Waals surface area contributed by atoms with E-state index in [0.29, 0.717) is 22.8 Å². The van der Waals surface area contributed by atoms with Crippen LogP contribution in [0.15, 0.2) is 90.1 Å². The van der Waals surface area contributed by atoms with Gasteiger partial charge >= 0.3 is 0 Å². The molecule has 6 nitrogen and oxygen atoms in total. The lowest BCUT2D eigenvalue weighted by Crippen LogP contribution is -2.14. The van der Waals surface area contributed by atoms with Crippen LogP contribution in [-0.2, 0) is 11.2 Å². The summed E-state index contributed by atoms with van der Waals surface area (Å²) in [5.41, 5.74) is 3.18. The Bertz CT molecular complexity index is 1220. The Morgan fingerprint density at radius 2 is 1.71 bits per heavy atom. The number of hydrogen-bond donors (Lipinski definition) is 1. The molecule has 0 saturated carbocycles. The van der Waals surface area contributed by atoms with Crippen LogP contribution in [0.2, 0.25) is 0 Å². The maximum Gasteiger partial charge on any atom is 0.234 e. The van der Waals surface area contributed by atoms with Crippen LogP contribution in [-0.4, -0.2) is 26.4 Å². The van der Waals surface area contributed by atoms with Gasteiger partial charge in [0.2, 0.25) is 5.91 Å². The molecule has 1 aromatic heterocycles. The van der Waals surface area contributed by atoms with Crippen molar-refractivity contribution in [2.24, 2.45) is 0 Å². The number of nitriles is 1. The molecule has 0 aliphatic heterocycles. The van der Waals surface area contributed by atoms with Gasteiger partial charge in [0.05, 0.1) is 17.4 Å². The maximum absolute atomic E-state index is 12.5. The summed E-state index contributed by atoms with van der Waals surface area (Å²) in [5.74, 6) is 0.807. The number of para-hydroxylation sites is 1. The summed E-state index contributed by atoms with van der Waals surface area (Å²) in [5, 5.41) is 21.2. The van der Waals surface area contributed by atoms with Gasteiger partial charge in [0, 0.05) is 17.8 Å². The van der Waals surface area contributed by atoms with Gasteiger partial charge in [-0.15, -0.1) is 10.2 Å². The average Bonchev–Trinajstić information content (AvgIpc) is 3.21. The molecule has 0 unspecified atom stereocenters. The molecular weight excluding hydrogens is 406 g/mol. The molecule has 0 spiro atoms. The molecule has 7 heteroatoms. The summed E-state index contributed by atoms with van der Waals surface area (Å²) in [6, 6.07) is 28.9. The van der Waals surface area contributed by atoms with Gasteiger partial charge in [0.15, 0.2) is 5.16 Å². The number of carbonyl (C=O) groups is 1. The number of nitrogens with one attached hydrogen (secondary N) is 1. The van der Waals surface area contributed by atoms with E-state index in [1.807, 2.05) is 53.1 Å². The zero-order chi connectivity index (χ0) is 21.5. The summed E-state index contributed by atoms with van der Waals surface area (Å²) in [6.07, 6.45) is 0.635. The Morgan fingerprint density at radius 1 is 0.968 bits per heavy atom. The minimum absolute atomic E-state index is 0.174. The first-order chi connectivity index (χ1) is 15.2. The summed E-state index contributed by atoms with van der Waals surface area (Å²) in [7, 11) is 0. The molecule has 3 aromatic carbocycles. The summed E-state index contributed by atoms with van der Waals surface area (Å²) in [6.45, 7) is 0. The number of amides is 1. The van der Waals surface area contributed by atoms with Crippen molar-refractivity contribution >= 4 is 23.4 Å². The second-order valence-electron chi connectivity index (χ2n) is 6.76. The highest BCUT2D eigenvalue weighted by atomic mass is 32.2. The third-order valence-corrected chi connectivity index (χ3v) is 5.46. The number of rotatable bonds is 7. The van der Waals surface area contributed by atoms with Crippen molar-refractivity contribution in [1.29, 1.82) is 5.26 Å². The van der Waals surface area contributed by atoms with E-state index in [1.54, 1.807) is 24.3 Å². The second kappa shape index (κ2) is 9.74. The van der Waals surface area contributed by atoms with E-state index in [9.17, 15) is 4.79 Å². The quantitative estimate of drug-likeness (QED) is 0.442. The minimum Gasteiger partial charge on any atom is -0.325 e. The van der Waals surface area contributed by atoms with E-state index in [-0.39, 0.29) is 11.7 Å². The van der Waals surface area contributed by atoms with Gasteiger partial charge in [-0.1, -0.05) is 66.4 Å². The molecule has 1 heterocycles. The average molecular weight is 426 g/mol. The number of aromatic nitrogens is 3. The topological polar surface area (TPSA) is 83.6 Å². The van der Waals surface area contributed by atoms with Crippen LogP contribution >= 0.6 is 11.8 Å². The van der Waals surface area contributed by atoms with E-state index in [1.165, 1.54) is 11.8 Å². The molecule has 0 saturated heterocycles. The van der Waals surface area contributed by atoms with Crippen LogP contribution in [0.25, 0.3) is 5.69 Å². The lowest BCUT2D eigenvalue weighted by molar-refractivity contribution is -0.113. The van der Waals surface area contributed by atoms with E-state index in [0.717, 1.165) is 17.1 Å². The van der Waals surface area contributed by atoms with Crippen LogP contribution in [0.5, 0.6) is 0 Å². The number of benzene rings is 3. The van der Waals surface area contributed by atoms with Gasteiger partial charge in [0.1, 0.15) is 5.82 Å². The molecule has 31 heavy (non-hydrogen) atoms. The van der Waals surface area contributed by atoms with Crippen molar-refractivity contribution < 1.29 is 4.79 Å². The van der Waals surface area contributed by atoms with Crippen molar-refractivity contribution in [2.75, 3.05) is 11.1 Å². The SMILES string of the molecule is N#Cc1cccc(NC(=O)CSc2nnc(Cc3ccccc3)n2-c2ccccc2)c1. The molecule has 0 radical (unpaired) electrons. The first-order valence-electron chi connectivity index (χ1n) is 9.69. The van der Waals surface area contributed by atoms with E-state index in [2.05, 4.69) is 33.7 Å². The summed E-state index contributed by atoms with van der Waals surface area (Å²) < 4.78 is 1.99. The minimum atomic E-state index is -0.174. The first-order valence-corrected chi connectivity index (χ1v) is 10.7. The fourth-order valence-electron chi connectivity index (χ4n) is 3.12. The second-order valence-corrected chi connectivity index (χ2v) is 7.70. The van der Waals surface area contributed by atoms with Gasteiger partial charge in [-0.25, -0.2) is 0 Å². The highest BCUT2D eigenvalue weighted by Gasteiger charge is 2.16. The third-order valence-electron chi connectivity index (χ3n) is 4.53. The largest absolute Gasteiger partial charge is 0.325 e. The zero-order valence-corrected chi connectivity index (χ0v) is 17.4. The fourth-order valence-corrected chi connectivity index (χ4v) is 3.89. The Balaban J connectivity index is 1.52. The third kappa shape index (κ3) is 5.18. The molecule has 0 fully saturated rings. The fraction of sp³-hybridized carbons (Fsp3) is 0.0833. The monoisotopic (exact) mass is 425 g/mol. The van der Waals surface area contributed by atoms with Crippen molar-refractivity contribution in [3.63, 3.8) is 0 Å². The molecule has 1 N–H and O–H groups in total. The van der Waals surface area contributed by atoms with Gasteiger partial charge in [-0.3, -0.25) is 9.36 Å². The molecule has 1 amide bonds. The van der Waals surface area contributed by atoms with Crippen LogP contribution < -0.4 is 5.32 Å². The lowest BCUT2D eigenvalue weighted by atomic mass is 10.1. The lowest BCUT2D eigenvalue weighted by Gasteiger charge is -2.10. The number of anilines is 1. The molecule has 0 aliphatic rings. The highest BCUT2D eigenvalue weighted by Crippen LogP contribution is 2.24. The molecule has 152 valence electrons. The van der Waals surface area contributed by atoms with E-state index >= 15 is 0 Å². The predicted molar refractivity (Wildman–Crippen MR) is 121 cm³/mol. The number of hydrogen-bond acceptors (Lipinski definition) is 5. The standard InChI is InChI=1S/C24H19N5OS/c25-16-19-10-7-11-20(14-19)26-23(30)17-31-24-28-27-22(15-18-8-3-1-4-9-18)29(24)21-12-5-2-6-13-21/h1-14H,15,17H2,(H,26,30). The van der Waals surface area contributed by atoms with Crippen LogP contribution in [0.4, 0.5) is 5.69 Å². The van der Waals surface area contributed by atoms with Crippen molar-refractivity contribution in [1.82, 2.24) is 14.8 Å². The van der Waals surface area contributed by atoms with Gasteiger partial charge in [-0.05, 0) is 35.9 Å². The summed E-state index contributed by atoms with van der Waals surface area (Å²) >= 11 is 1.32. The molecular formula is C24H19N5OS. The molecule has 0 atom stereocenters. The summed E-state index contributed by atoms with van der Waals surface area (Å²) in [4.78, 5) is 12.5. The highest BCUT2D eigenvalue weighted by molar-refractivity contribution is 7.99. The number of carbonyl (C=O) groups excluding carboxylic acids is 1. The van der Waals surface area contributed by atoms with Crippen molar-refractivity contribution in [3.05, 3.63) is 102 Å². The Kier molecular flexibility index (Phi) is 6.41. The van der Waals surface area contributed by atoms with Crippen molar-refractivity contribution in [3.8, 4) is 11.8 Å². The zero-order valence-electron chi connectivity index (χ0n) is 16.6. The van der Waals surface area contributed by atoms with Crippen LogP contribution in [0.3, 0.4) is 0 Å².